The molecule has 2 aromatic carbocycles. The second-order valence-corrected chi connectivity index (χ2v) is 8.36. The van der Waals surface area contributed by atoms with E-state index in [0.717, 1.165) is 16.2 Å². The number of nitrogens with one attached hydrogen (secondary N) is 3. The molecular formula is C23H26N4O3S2. The smallest absolute Gasteiger partial charge is 0.338 e. The van der Waals surface area contributed by atoms with Gasteiger partial charge in [0.15, 0.2) is 5.11 Å². The van der Waals surface area contributed by atoms with Crippen molar-refractivity contribution >= 4 is 52.5 Å². The quantitative estimate of drug-likeness (QED) is 0.319. The van der Waals surface area contributed by atoms with Crippen molar-refractivity contribution in [3.8, 4) is 0 Å². The Hall–Kier alpha value is -3.04. The van der Waals surface area contributed by atoms with Crippen LogP contribution < -0.4 is 16.0 Å². The first-order valence-electron chi connectivity index (χ1n) is 10.1. The normalized spacial score (nSPS) is 15.8. The van der Waals surface area contributed by atoms with Crippen molar-refractivity contribution in [1.29, 1.82) is 0 Å². The van der Waals surface area contributed by atoms with Crippen LogP contribution in [0.5, 0.6) is 0 Å². The molecule has 0 saturated heterocycles. The summed E-state index contributed by atoms with van der Waals surface area (Å²) in [7, 11) is 1.80. The highest BCUT2D eigenvalue weighted by Gasteiger charge is 2.33. The van der Waals surface area contributed by atoms with Gasteiger partial charge in [-0.3, -0.25) is 0 Å². The average molecular weight is 471 g/mol. The molecule has 168 valence electrons. The zero-order valence-electron chi connectivity index (χ0n) is 18.4. The molecule has 1 unspecified atom stereocenters. The number of ether oxygens (including phenoxy) is 1. The van der Waals surface area contributed by atoms with E-state index in [1.54, 1.807) is 36.7 Å². The number of nitrogens with zero attached hydrogens (tertiary/aromatic N) is 1. The highest BCUT2D eigenvalue weighted by molar-refractivity contribution is 7.98. The fourth-order valence-corrected chi connectivity index (χ4v) is 3.99. The number of esters is 1. The molecule has 3 rings (SSSR count). The lowest BCUT2D eigenvalue weighted by molar-refractivity contribution is -0.139. The minimum atomic E-state index is -0.485. The average Bonchev–Trinajstić information content (AvgIpc) is 2.78. The van der Waals surface area contributed by atoms with Crippen molar-refractivity contribution in [2.24, 2.45) is 0 Å². The molecule has 9 heteroatoms. The van der Waals surface area contributed by atoms with Gasteiger partial charge in [0, 0.05) is 29.0 Å². The van der Waals surface area contributed by atoms with Crippen LogP contribution in [-0.4, -0.2) is 41.9 Å². The zero-order chi connectivity index (χ0) is 23.3. The number of allylic oxidation sites excluding steroid dienone is 1. The summed E-state index contributed by atoms with van der Waals surface area (Å²) in [5.74, 6) is -0.401. The summed E-state index contributed by atoms with van der Waals surface area (Å²) >= 11 is 7.06. The standard InChI is InChI=1S/C23H26N4O3S2/c1-5-30-21(28)19-14(2)27(3)23(31)26-20(19)15-7-6-8-17(13-15)25-22(29)24-16-9-11-18(32-4)12-10-16/h6-13,20H,5H2,1-4H3,(H,26,31)(H2,24,25,29). The zero-order valence-corrected chi connectivity index (χ0v) is 20.0. The molecule has 2 amide bonds. The minimum absolute atomic E-state index is 0.274. The second kappa shape index (κ2) is 10.5. The van der Waals surface area contributed by atoms with E-state index in [4.69, 9.17) is 17.0 Å². The number of hydrogen-bond acceptors (Lipinski definition) is 5. The van der Waals surface area contributed by atoms with Gasteiger partial charge < -0.3 is 25.6 Å². The van der Waals surface area contributed by atoms with Crippen LogP contribution >= 0.6 is 24.0 Å². The first kappa shape index (κ1) is 23.6. The molecule has 0 radical (unpaired) electrons. The van der Waals surface area contributed by atoms with Crippen LogP contribution in [0, 0.1) is 0 Å². The van der Waals surface area contributed by atoms with E-state index in [1.807, 2.05) is 55.6 Å². The summed E-state index contributed by atoms with van der Waals surface area (Å²) in [6.07, 6.45) is 2.00. The Morgan fingerprint density at radius 2 is 1.84 bits per heavy atom. The van der Waals surface area contributed by atoms with Gasteiger partial charge in [-0.2, -0.15) is 0 Å². The van der Waals surface area contributed by atoms with Crippen molar-refractivity contribution < 1.29 is 14.3 Å². The van der Waals surface area contributed by atoms with Crippen molar-refractivity contribution in [3.63, 3.8) is 0 Å². The first-order chi connectivity index (χ1) is 15.3. The molecule has 1 heterocycles. The number of carbonyl (C=O) groups excluding carboxylic acids is 2. The molecule has 0 aliphatic carbocycles. The maximum absolute atomic E-state index is 12.7. The van der Waals surface area contributed by atoms with Gasteiger partial charge in [0.2, 0.25) is 0 Å². The number of carbonyl (C=O) groups is 2. The Balaban J connectivity index is 1.81. The molecule has 1 aliphatic heterocycles. The largest absolute Gasteiger partial charge is 0.463 e. The minimum Gasteiger partial charge on any atom is -0.463 e. The van der Waals surface area contributed by atoms with E-state index >= 15 is 0 Å². The van der Waals surface area contributed by atoms with E-state index < -0.39 is 12.0 Å². The SMILES string of the molecule is CCOC(=O)C1=C(C)N(C)C(=S)NC1c1cccc(NC(=O)Nc2ccc(SC)cc2)c1. The van der Waals surface area contributed by atoms with E-state index in [1.165, 1.54) is 0 Å². The number of thiocarbonyl (C=S) groups is 1. The fourth-order valence-electron chi connectivity index (χ4n) is 3.32. The van der Waals surface area contributed by atoms with Crippen molar-refractivity contribution in [3.05, 3.63) is 65.4 Å². The van der Waals surface area contributed by atoms with Gasteiger partial charge in [-0.25, -0.2) is 9.59 Å². The van der Waals surface area contributed by atoms with Gasteiger partial charge in [-0.05, 0) is 74.3 Å². The van der Waals surface area contributed by atoms with E-state index in [0.29, 0.717) is 22.1 Å². The summed E-state index contributed by atoms with van der Waals surface area (Å²) in [4.78, 5) is 28.0. The molecule has 2 aromatic rings. The Morgan fingerprint density at radius 3 is 2.50 bits per heavy atom. The van der Waals surface area contributed by atoms with Crippen molar-refractivity contribution in [1.82, 2.24) is 10.2 Å². The maximum atomic E-state index is 12.7. The predicted octanol–water partition coefficient (Wildman–Crippen LogP) is 4.75. The number of hydrogen-bond donors (Lipinski definition) is 3. The Labute approximate surface area is 197 Å². The molecule has 0 fully saturated rings. The summed E-state index contributed by atoms with van der Waals surface area (Å²) < 4.78 is 5.28. The van der Waals surface area contributed by atoms with Gasteiger partial charge in [0.05, 0.1) is 18.2 Å². The van der Waals surface area contributed by atoms with Crippen LogP contribution in [0.25, 0.3) is 0 Å². The molecular weight excluding hydrogens is 444 g/mol. The fraction of sp³-hybridized carbons (Fsp3) is 0.261. The summed E-state index contributed by atoms with van der Waals surface area (Å²) in [6, 6.07) is 14.0. The number of rotatable bonds is 6. The third kappa shape index (κ3) is 5.41. The number of amides is 2. The molecule has 7 nitrogen and oxygen atoms in total. The van der Waals surface area contributed by atoms with Crippen LogP contribution in [0.4, 0.5) is 16.2 Å². The van der Waals surface area contributed by atoms with Crippen molar-refractivity contribution in [2.45, 2.75) is 24.8 Å². The summed E-state index contributed by atoms with van der Waals surface area (Å²) in [6.45, 7) is 3.88. The number of urea groups is 1. The van der Waals surface area contributed by atoms with Gasteiger partial charge >= 0.3 is 12.0 Å². The molecule has 3 N–H and O–H groups in total. The Bertz CT molecular complexity index is 1050. The molecule has 1 atom stereocenters. The summed E-state index contributed by atoms with van der Waals surface area (Å²) in [5.41, 5.74) is 3.28. The molecule has 0 bridgehead atoms. The monoisotopic (exact) mass is 470 g/mol. The highest BCUT2D eigenvalue weighted by Crippen LogP contribution is 2.32. The van der Waals surface area contributed by atoms with E-state index in [-0.39, 0.29) is 12.6 Å². The van der Waals surface area contributed by atoms with E-state index in [9.17, 15) is 9.59 Å². The molecule has 1 aliphatic rings. The van der Waals surface area contributed by atoms with Crippen LogP contribution in [0.15, 0.2) is 64.7 Å². The molecule has 0 aromatic heterocycles. The lowest BCUT2D eigenvalue weighted by Crippen LogP contribution is -2.46. The molecule has 0 saturated carbocycles. The van der Waals surface area contributed by atoms with Crippen LogP contribution in [0.3, 0.4) is 0 Å². The van der Waals surface area contributed by atoms with Gasteiger partial charge in [0.25, 0.3) is 0 Å². The third-order valence-electron chi connectivity index (χ3n) is 5.08. The lowest BCUT2D eigenvalue weighted by Gasteiger charge is -2.35. The van der Waals surface area contributed by atoms with Crippen LogP contribution in [-0.2, 0) is 9.53 Å². The van der Waals surface area contributed by atoms with Gasteiger partial charge in [-0.1, -0.05) is 12.1 Å². The number of anilines is 2. The Morgan fingerprint density at radius 1 is 1.16 bits per heavy atom. The third-order valence-corrected chi connectivity index (χ3v) is 6.21. The van der Waals surface area contributed by atoms with Crippen molar-refractivity contribution in [2.75, 3.05) is 30.5 Å². The molecule has 32 heavy (non-hydrogen) atoms. The van der Waals surface area contributed by atoms with Gasteiger partial charge in [0.1, 0.15) is 0 Å². The summed E-state index contributed by atoms with van der Waals surface area (Å²) in [5, 5.41) is 9.37. The Kier molecular flexibility index (Phi) is 7.76. The van der Waals surface area contributed by atoms with Crippen LogP contribution in [0.1, 0.15) is 25.5 Å². The highest BCUT2D eigenvalue weighted by atomic mass is 32.2. The second-order valence-electron chi connectivity index (χ2n) is 7.09. The van der Waals surface area contributed by atoms with Gasteiger partial charge in [-0.15, -0.1) is 11.8 Å². The first-order valence-corrected chi connectivity index (χ1v) is 11.7. The predicted molar refractivity (Wildman–Crippen MR) is 133 cm³/mol. The topological polar surface area (TPSA) is 82.7 Å². The number of thioether (sulfide) groups is 1. The maximum Gasteiger partial charge on any atom is 0.338 e. The molecule has 0 spiro atoms. The lowest BCUT2D eigenvalue weighted by atomic mass is 9.95. The van der Waals surface area contributed by atoms with E-state index in [2.05, 4.69) is 16.0 Å². The van der Waals surface area contributed by atoms with Crippen LogP contribution in [0.2, 0.25) is 0 Å². The number of benzene rings is 2.